The van der Waals surface area contributed by atoms with Gasteiger partial charge in [0.05, 0.1) is 37.9 Å². The highest BCUT2D eigenvalue weighted by molar-refractivity contribution is 5.94. The minimum atomic E-state index is -0.602. The molecule has 2 heterocycles. The molecule has 166 valence electrons. The summed E-state index contributed by atoms with van der Waals surface area (Å²) in [4.78, 5) is 17.9. The minimum absolute atomic E-state index is 0.0957. The van der Waals surface area contributed by atoms with Gasteiger partial charge in [0, 0.05) is 17.3 Å². The lowest BCUT2D eigenvalue weighted by molar-refractivity contribution is -0.138. The predicted molar refractivity (Wildman–Crippen MR) is 121 cm³/mol. The molecule has 0 amide bonds. The Balaban J connectivity index is 2.04. The first-order valence-electron chi connectivity index (χ1n) is 10.1. The molecule has 1 aliphatic heterocycles. The number of allylic oxidation sites excluding steroid dienone is 1. The van der Waals surface area contributed by atoms with Crippen LogP contribution in [0.2, 0.25) is 0 Å². The van der Waals surface area contributed by atoms with Crippen molar-refractivity contribution in [1.29, 1.82) is 0 Å². The molecule has 1 aliphatic rings. The number of hydrogen-bond donors (Lipinski definition) is 1. The van der Waals surface area contributed by atoms with Gasteiger partial charge in [0.1, 0.15) is 18.4 Å². The first kappa shape index (κ1) is 21.3. The van der Waals surface area contributed by atoms with Crippen molar-refractivity contribution in [1.82, 2.24) is 9.55 Å². The Morgan fingerprint density at radius 2 is 1.97 bits per heavy atom. The van der Waals surface area contributed by atoms with Crippen LogP contribution in [-0.4, -0.2) is 43.5 Å². The van der Waals surface area contributed by atoms with E-state index in [9.17, 15) is 4.79 Å². The largest absolute Gasteiger partial charge is 0.497 e. The highest BCUT2D eigenvalue weighted by atomic mass is 16.5. The number of benzene rings is 2. The van der Waals surface area contributed by atoms with E-state index in [0.29, 0.717) is 40.0 Å². The van der Waals surface area contributed by atoms with Gasteiger partial charge in [-0.25, -0.2) is 9.78 Å². The lowest BCUT2D eigenvalue weighted by Gasteiger charge is -2.31. The van der Waals surface area contributed by atoms with Gasteiger partial charge in [-0.3, -0.25) is 4.57 Å². The molecule has 1 aromatic heterocycles. The number of nitrogens with one attached hydrogen (secondary N) is 1. The molecule has 0 unspecified atom stereocenters. The Morgan fingerprint density at radius 3 is 2.66 bits per heavy atom. The smallest absolute Gasteiger partial charge is 0.338 e. The molecule has 0 aliphatic carbocycles. The molecule has 1 N–H and O–H groups in total. The molecule has 0 saturated heterocycles. The normalized spacial score (nSPS) is 15.1. The number of esters is 1. The highest BCUT2D eigenvalue weighted by Gasteiger charge is 2.37. The van der Waals surface area contributed by atoms with E-state index in [2.05, 4.69) is 11.9 Å². The van der Waals surface area contributed by atoms with E-state index in [0.717, 1.165) is 11.0 Å². The zero-order valence-electron chi connectivity index (χ0n) is 18.5. The number of aromatic nitrogens is 2. The number of anilines is 1. The molecule has 1 atom stereocenters. The van der Waals surface area contributed by atoms with Crippen LogP contribution in [0.1, 0.15) is 18.5 Å². The Bertz CT molecular complexity index is 1230. The van der Waals surface area contributed by atoms with Gasteiger partial charge in [-0.15, -0.1) is 0 Å². The van der Waals surface area contributed by atoms with Gasteiger partial charge < -0.3 is 24.3 Å². The second-order valence-electron chi connectivity index (χ2n) is 7.20. The van der Waals surface area contributed by atoms with Crippen LogP contribution in [0.3, 0.4) is 0 Å². The third-order valence-electron chi connectivity index (χ3n) is 5.39. The van der Waals surface area contributed by atoms with Crippen LogP contribution >= 0.6 is 0 Å². The number of para-hydroxylation sites is 2. The van der Waals surface area contributed by atoms with Gasteiger partial charge in [0.25, 0.3) is 0 Å². The van der Waals surface area contributed by atoms with E-state index in [4.69, 9.17) is 23.9 Å². The average Bonchev–Trinajstić information content (AvgIpc) is 3.18. The molecule has 4 rings (SSSR count). The van der Waals surface area contributed by atoms with Gasteiger partial charge in [-0.2, -0.15) is 0 Å². The Kier molecular flexibility index (Phi) is 5.77. The number of carbonyl (C=O) groups is 1. The van der Waals surface area contributed by atoms with Crippen molar-refractivity contribution < 1.29 is 23.7 Å². The van der Waals surface area contributed by atoms with Crippen molar-refractivity contribution in [3.63, 3.8) is 0 Å². The summed E-state index contributed by atoms with van der Waals surface area (Å²) in [6.07, 6.45) is 1.53. The Morgan fingerprint density at radius 1 is 1.19 bits per heavy atom. The van der Waals surface area contributed by atoms with E-state index in [1.807, 2.05) is 41.8 Å². The lowest BCUT2D eigenvalue weighted by Crippen LogP contribution is -2.29. The second kappa shape index (κ2) is 8.66. The minimum Gasteiger partial charge on any atom is -0.497 e. The van der Waals surface area contributed by atoms with E-state index in [1.165, 1.54) is 6.08 Å². The number of carbonyl (C=O) groups excluding carboxylic acids is 1. The molecule has 8 nitrogen and oxygen atoms in total. The monoisotopic (exact) mass is 435 g/mol. The van der Waals surface area contributed by atoms with Crippen molar-refractivity contribution in [2.45, 2.75) is 13.0 Å². The van der Waals surface area contributed by atoms with Crippen molar-refractivity contribution in [2.75, 3.05) is 33.3 Å². The third-order valence-corrected chi connectivity index (χ3v) is 5.39. The summed E-state index contributed by atoms with van der Waals surface area (Å²) >= 11 is 0. The summed E-state index contributed by atoms with van der Waals surface area (Å²) in [5, 5.41) is 3.25. The topological polar surface area (TPSA) is 83.8 Å². The van der Waals surface area contributed by atoms with Crippen LogP contribution in [0, 0.1) is 0 Å². The number of nitrogens with zero attached hydrogens (tertiary/aromatic N) is 2. The summed E-state index contributed by atoms with van der Waals surface area (Å²) < 4.78 is 24.2. The van der Waals surface area contributed by atoms with Crippen LogP contribution in [0.4, 0.5) is 5.95 Å². The Labute approximate surface area is 186 Å². The molecule has 0 saturated carbocycles. The maximum atomic E-state index is 13.2. The molecule has 8 heteroatoms. The van der Waals surface area contributed by atoms with Gasteiger partial charge in [0.2, 0.25) is 5.95 Å². The van der Waals surface area contributed by atoms with Gasteiger partial charge >= 0.3 is 5.97 Å². The molecular formula is C24H25N3O5. The first-order chi connectivity index (χ1) is 15.5. The third kappa shape index (κ3) is 3.43. The molecule has 3 aromatic rings. The predicted octanol–water partition coefficient (Wildman–Crippen LogP) is 4.08. The fourth-order valence-electron chi connectivity index (χ4n) is 4.02. The molecule has 0 radical (unpaired) electrons. The maximum Gasteiger partial charge on any atom is 0.338 e. The lowest BCUT2D eigenvalue weighted by atomic mass is 9.93. The van der Waals surface area contributed by atoms with E-state index >= 15 is 0 Å². The average molecular weight is 435 g/mol. The molecular weight excluding hydrogens is 410 g/mol. The zero-order valence-corrected chi connectivity index (χ0v) is 18.5. The number of fused-ring (bicyclic) bond motifs is 3. The van der Waals surface area contributed by atoms with Crippen LogP contribution in [-0.2, 0) is 9.53 Å². The first-order valence-corrected chi connectivity index (χ1v) is 10.1. The fraction of sp³-hybridized carbons (Fsp3) is 0.250. The van der Waals surface area contributed by atoms with Crippen LogP contribution in [0.25, 0.3) is 11.0 Å². The van der Waals surface area contributed by atoms with Crippen LogP contribution in [0.15, 0.2) is 60.3 Å². The quantitative estimate of drug-likeness (QED) is 0.442. The van der Waals surface area contributed by atoms with Gasteiger partial charge in [0.15, 0.2) is 11.5 Å². The number of ether oxygens (including phenoxy) is 4. The van der Waals surface area contributed by atoms with Crippen molar-refractivity contribution in [3.05, 3.63) is 65.9 Å². The number of imidazole rings is 1. The van der Waals surface area contributed by atoms with Crippen molar-refractivity contribution >= 4 is 23.0 Å². The summed E-state index contributed by atoms with van der Waals surface area (Å²) in [5.74, 6) is 1.69. The number of methoxy groups -OCH3 is 3. The molecule has 2 aromatic carbocycles. The second-order valence-corrected chi connectivity index (χ2v) is 7.20. The number of hydrogen-bond acceptors (Lipinski definition) is 7. The number of rotatable bonds is 7. The summed E-state index contributed by atoms with van der Waals surface area (Å²) in [6.45, 7) is 5.56. The van der Waals surface area contributed by atoms with Crippen LogP contribution < -0.4 is 19.5 Å². The van der Waals surface area contributed by atoms with E-state index in [-0.39, 0.29) is 6.61 Å². The Hall–Kier alpha value is -3.94. The summed E-state index contributed by atoms with van der Waals surface area (Å²) in [6, 6.07) is 10.7. The maximum absolute atomic E-state index is 13.2. The summed E-state index contributed by atoms with van der Waals surface area (Å²) in [5.41, 5.74) is 3.39. The SMILES string of the molecule is C=CCOC(=O)C1=C(C)Nc2nc3ccccc3n2[C@@H]1c1cc(OC)cc(OC)c1OC. The van der Waals surface area contributed by atoms with Crippen molar-refractivity contribution in [2.24, 2.45) is 0 Å². The fourth-order valence-corrected chi connectivity index (χ4v) is 4.02. The van der Waals surface area contributed by atoms with Crippen LogP contribution in [0.5, 0.6) is 17.2 Å². The van der Waals surface area contributed by atoms with Crippen molar-refractivity contribution in [3.8, 4) is 17.2 Å². The van der Waals surface area contributed by atoms with Gasteiger partial charge in [-0.1, -0.05) is 24.8 Å². The highest BCUT2D eigenvalue weighted by Crippen LogP contribution is 2.46. The molecule has 0 spiro atoms. The zero-order chi connectivity index (χ0) is 22.8. The molecule has 32 heavy (non-hydrogen) atoms. The molecule has 0 bridgehead atoms. The summed E-state index contributed by atoms with van der Waals surface area (Å²) in [7, 11) is 4.70. The van der Waals surface area contributed by atoms with E-state index in [1.54, 1.807) is 27.4 Å². The standard InChI is InChI=1S/C24H25N3O5/c1-6-11-32-23(28)20-14(2)25-24-26-17-9-7-8-10-18(17)27(24)21(20)16-12-15(29-3)13-19(30-4)22(16)31-5/h6-10,12-13,21H,1,11H2,2-5H3,(H,25,26)/t21-/m1/s1. The molecule has 0 fully saturated rings. The van der Waals surface area contributed by atoms with Gasteiger partial charge in [-0.05, 0) is 25.1 Å². The van der Waals surface area contributed by atoms with E-state index < -0.39 is 12.0 Å².